The first-order valence-corrected chi connectivity index (χ1v) is 4.02. The van der Waals surface area contributed by atoms with E-state index in [1.165, 1.54) is 0 Å². The third-order valence-corrected chi connectivity index (χ3v) is 1.83. The molecule has 12 heavy (non-hydrogen) atoms. The zero-order chi connectivity index (χ0) is 8.97. The SMILES string of the molecule is N=C(N)CC(=S)c1ccccc1. The Labute approximate surface area is 76.9 Å². The van der Waals surface area contributed by atoms with E-state index in [0.29, 0.717) is 6.42 Å². The molecule has 0 amide bonds. The van der Waals surface area contributed by atoms with Gasteiger partial charge in [-0.3, -0.25) is 5.41 Å². The lowest BCUT2D eigenvalue weighted by Gasteiger charge is -2.00. The van der Waals surface area contributed by atoms with Crippen LogP contribution in [0.25, 0.3) is 0 Å². The minimum Gasteiger partial charge on any atom is -0.387 e. The molecule has 0 spiro atoms. The quantitative estimate of drug-likeness (QED) is 0.320. The number of amidine groups is 1. The van der Waals surface area contributed by atoms with Crippen molar-refractivity contribution in [1.29, 1.82) is 5.41 Å². The van der Waals surface area contributed by atoms with Crippen molar-refractivity contribution in [3.63, 3.8) is 0 Å². The Hall–Kier alpha value is -1.22. The molecule has 0 atom stereocenters. The second-order valence-corrected chi connectivity index (χ2v) is 2.98. The minimum absolute atomic E-state index is 0.115. The van der Waals surface area contributed by atoms with Crippen LogP contribution in [0.5, 0.6) is 0 Å². The van der Waals surface area contributed by atoms with Crippen molar-refractivity contribution in [2.24, 2.45) is 5.73 Å². The molecule has 0 aromatic heterocycles. The highest BCUT2D eigenvalue weighted by Crippen LogP contribution is 2.03. The molecule has 0 aliphatic rings. The van der Waals surface area contributed by atoms with Crippen molar-refractivity contribution in [2.45, 2.75) is 6.42 Å². The van der Waals surface area contributed by atoms with Gasteiger partial charge in [0.15, 0.2) is 0 Å². The summed E-state index contributed by atoms with van der Waals surface area (Å²) in [5, 5.41) is 7.06. The van der Waals surface area contributed by atoms with Crippen LogP contribution in [0, 0.1) is 5.41 Å². The Balaban J connectivity index is 2.73. The number of thiocarbonyl (C=S) groups is 1. The first-order valence-electron chi connectivity index (χ1n) is 3.61. The first kappa shape index (κ1) is 8.87. The van der Waals surface area contributed by atoms with Gasteiger partial charge in [0, 0.05) is 11.3 Å². The molecule has 62 valence electrons. The smallest absolute Gasteiger partial charge is 0.0958 e. The molecular formula is C9H10N2S. The molecule has 3 N–H and O–H groups in total. The lowest BCUT2D eigenvalue weighted by molar-refractivity contribution is 1.36. The Morgan fingerprint density at radius 3 is 2.42 bits per heavy atom. The van der Waals surface area contributed by atoms with Gasteiger partial charge < -0.3 is 5.73 Å². The Morgan fingerprint density at radius 2 is 1.92 bits per heavy atom. The minimum atomic E-state index is 0.115. The number of hydrogen-bond donors (Lipinski definition) is 2. The van der Waals surface area contributed by atoms with Gasteiger partial charge in [0.25, 0.3) is 0 Å². The molecule has 0 fully saturated rings. The summed E-state index contributed by atoms with van der Waals surface area (Å²) in [4.78, 5) is 0.725. The summed E-state index contributed by atoms with van der Waals surface area (Å²) >= 11 is 5.08. The Morgan fingerprint density at radius 1 is 1.33 bits per heavy atom. The molecular weight excluding hydrogens is 168 g/mol. The lowest BCUT2D eigenvalue weighted by Crippen LogP contribution is -2.14. The van der Waals surface area contributed by atoms with Gasteiger partial charge in [0.1, 0.15) is 0 Å². The van der Waals surface area contributed by atoms with E-state index < -0.39 is 0 Å². The van der Waals surface area contributed by atoms with E-state index >= 15 is 0 Å². The number of benzene rings is 1. The summed E-state index contributed by atoms with van der Waals surface area (Å²) in [5.41, 5.74) is 6.20. The van der Waals surface area contributed by atoms with Crippen molar-refractivity contribution in [2.75, 3.05) is 0 Å². The van der Waals surface area contributed by atoms with Crippen molar-refractivity contribution in [3.05, 3.63) is 35.9 Å². The maximum atomic E-state index is 7.06. The summed E-state index contributed by atoms with van der Waals surface area (Å²) in [6.07, 6.45) is 0.374. The fourth-order valence-corrected chi connectivity index (χ4v) is 1.19. The van der Waals surface area contributed by atoms with Crippen LogP contribution in [0.15, 0.2) is 30.3 Å². The monoisotopic (exact) mass is 178 g/mol. The van der Waals surface area contributed by atoms with Crippen LogP contribution in [-0.2, 0) is 0 Å². The number of nitrogens with two attached hydrogens (primary N) is 1. The molecule has 3 heteroatoms. The highest BCUT2D eigenvalue weighted by molar-refractivity contribution is 7.80. The number of hydrogen-bond acceptors (Lipinski definition) is 2. The highest BCUT2D eigenvalue weighted by Gasteiger charge is 2.00. The van der Waals surface area contributed by atoms with Crippen molar-refractivity contribution < 1.29 is 0 Å². The molecule has 1 rings (SSSR count). The Kier molecular flexibility index (Phi) is 2.94. The van der Waals surface area contributed by atoms with E-state index in [1.54, 1.807) is 0 Å². The lowest BCUT2D eigenvalue weighted by atomic mass is 10.1. The van der Waals surface area contributed by atoms with Crippen LogP contribution in [0.4, 0.5) is 0 Å². The summed E-state index contributed by atoms with van der Waals surface area (Å²) in [6, 6.07) is 9.61. The van der Waals surface area contributed by atoms with Gasteiger partial charge in [-0.25, -0.2) is 0 Å². The topological polar surface area (TPSA) is 49.9 Å². The molecule has 0 saturated carbocycles. The van der Waals surface area contributed by atoms with Crippen LogP contribution in [-0.4, -0.2) is 10.7 Å². The molecule has 0 heterocycles. The average molecular weight is 178 g/mol. The van der Waals surface area contributed by atoms with Gasteiger partial charge in [-0.05, 0) is 5.56 Å². The van der Waals surface area contributed by atoms with Gasteiger partial charge in [-0.15, -0.1) is 0 Å². The third-order valence-electron chi connectivity index (χ3n) is 1.45. The van der Waals surface area contributed by atoms with Gasteiger partial charge in [-0.1, -0.05) is 42.5 Å². The van der Waals surface area contributed by atoms with E-state index in [4.69, 9.17) is 23.4 Å². The maximum absolute atomic E-state index is 7.06. The molecule has 0 saturated heterocycles. The summed E-state index contributed by atoms with van der Waals surface area (Å²) in [6.45, 7) is 0. The van der Waals surface area contributed by atoms with E-state index in [2.05, 4.69) is 0 Å². The molecule has 1 aromatic rings. The van der Waals surface area contributed by atoms with Gasteiger partial charge in [0.2, 0.25) is 0 Å². The van der Waals surface area contributed by atoms with Crippen LogP contribution >= 0.6 is 12.2 Å². The Bertz CT molecular complexity index is 293. The van der Waals surface area contributed by atoms with Gasteiger partial charge in [-0.2, -0.15) is 0 Å². The molecule has 0 radical (unpaired) electrons. The summed E-state index contributed by atoms with van der Waals surface area (Å²) in [7, 11) is 0. The van der Waals surface area contributed by atoms with Crippen molar-refractivity contribution >= 4 is 22.9 Å². The van der Waals surface area contributed by atoms with Crippen molar-refractivity contribution in [1.82, 2.24) is 0 Å². The van der Waals surface area contributed by atoms with Gasteiger partial charge >= 0.3 is 0 Å². The number of rotatable bonds is 3. The van der Waals surface area contributed by atoms with Gasteiger partial charge in [0.05, 0.1) is 5.84 Å². The largest absolute Gasteiger partial charge is 0.387 e. The standard InChI is InChI=1S/C9H10N2S/c10-9(11)6-8(12)7-4-2-1-3-5-7/h1-5H,6H2,(H3,10,11). The fourth-order valence-electron chi connectivity index (χ4n) is 0.899. The predicted octanol–water partition coefficient (Wildman–Crippen LogP) is 1.73. The average Bonchev–Trinajstić information content (AvgIpc) is 2.05. The molecule has 0 bridgehead atoms. The second-order valence-electron chi connectivity index (χ2n) is 2.49. The van der Waals surface area contributed by atoms with E-state index in [0.717, 1.165) is 10.4 Å². The van der Waals surface area contributed by atoms with Crippen LogP contribution < -0.4 is 5.73 Å². The van der Waals surface area contributed by atoms with Crippen molar-refractivity contribution in [3.8, 4) is 0 Å². The van der Waals surface area contributed by atoms with E-state index in [9.17, 15) is 0 Å². The fraction of sp³-hybridized carbons (Fsp3) is 0.111. The maximum Gasteiger partial charge on any atom is 0.0958 e. The molecule has 1 aromatic carbocycles. The normalized spacial score (nSPS) is 9.33. The van der Waals surface area contributed by atoms with Crippen LogP contribution in [0.3, 0.4) is 0 Å². The number of nitrogens with one attached hydrogen (secondary N) is 1. The predicted molar refractivity (Wildman–Crippen MR) is 54.7 cm³/mol. The van der Waals surface area contributed by atoms with Crippen LogP contribution in [0.2, 0.25) is 0 Å². The first-order chi connectivity index (χ1) is 5.70. The van der Waals surface area contributed by atoms with E-state index in [-0.39, 0.29) is 5.84 Å². The molecule has 0 aliphatic heterocycles. The summed E-state index contributed by atoms with van der Waals surface area (Å²) < 4.78 is 0. The van der Waals surface area contributed by atoms with E-state index in [1.807, 2.05) is 30.3 Å². The molecule has 2 nitrogen and oxygen atoms in total. The summed E-state index contributed by atoms with van der Waals surface area (Å²) in [5.74, 6) is 0.115. The third kappa shape index (κ3) is 2.43. The zero-order valence-electron chi connectivity index (χ0n) is 6.58. The molecule has 0 unspecified atom stereocenters. The second kappa shape index (κ2) is 3.97. The van der Waals surface area contributed by atoms with Crippen LogP contribution in [0.1, 0.15) is 12.0 Å². The highest BCUT2D eigenvalue weighted by atomic mass is 32.1. The molecule has 0 aliphatic carbocycles. The zero-order valence-corrected chi connectivity index (χ0v) is 7.40.